The molecule has 2 amide bonds. The van der Waals surface area contributed by atoms with Gasteiger partial charge in [-0.1, -0.05) is 26.0 Å². The fourth-order valence-electron chi connectivity index (χ4n) is 1.81. The van der Waals surface area contributed by atoms with Crippen molar-refractivity contribution < 1.29 is 14.7 Å². The highest BCUT2D eigenvalue weighted by Gasteiger charge is 2.16. The summed E-state index contributed by atoms with van der Waals surface area (Å²) in [6, 6.07) is 5.53. The summed E-state index contributed by atoms with van der Waals surface area (Å²) in [5.41, 5.74) is 2.62. The molecule has 1 aromatic carbocycles. The van der Waals surface area contributed by atoms with Gasteiger partial charge in [-0.15, -0.1) is 0 Å². The third-order valence-corrected chi connectivity index (χ3v) is 3.55. The van der Waals surface area contributed by atoms with E-state index in [2.05, 4.69) is 10.6 Å². The van der Waals surface area contributed by atoms with Gasteiger partial charge in [0.05, 0.1) is 6.10 Å². The molecule has 5 nitrogen and oxygen atoms in total. The van der Waals surface area contributed by atoms with E-state index in [9.17, 15) is 14.7 Å². The van der Waals surface area contributed by atoms with Gasteiger partial charge in [-0.3, -0.25) is 9.59 Å². The Hall–Kier alpha value is -1.88. The number of anilines is 1. The summed E-state index contributed by atoms with van der Waals surface area (Å²) in [4.78, 5) is 23.5. The maximum Gasteiger partial charge on any atom is 0.313 e. The molecule has 0 aliphatic carbocycles. The zero-order valence-corrected chi connectivity index (χ0v) is 13.1. The molecule has 1 aromatic rings. The molecule has 0 fully saturated rings. The zero-order chi connectivity index (χ0) is 16.0. The van der Waals surface area contributed by atoms with Crippen LogP contribution in [0.1, 0.15) is 31.4 Å². The van der Waals surface area contributed by atoms with Crippen LogP contribution in [0, 0.1) is 19.8 Å². The van der Waals surface area contributed by atoms with Crippen LogP contribution in [0.5, 0.6) is 0 Å². The molecule has 5 heteroatoms. The van der Waals surface area contributed by atoms with Gasteiger partial charge in [0.1, 0.15) is 0 Å². The van der Waals surface area contributed by atoms with Crippen LogP contribution in [-0.2, 0) is 9.59 Å². The lowest BCUT2D eigenvalue weighted by molar-refractivity contribution is -0.136. The number of nitrogens with one attached hydrogen (secondary N) is 2. The van der Waals surface area contributed by atoms with Crippen molar-refractivity contribution >= 4 is 17.5 Å². The molecule has 1 unspecified atom stereocenters. The highest BCUT2D eigenvalue weighted by molar-refractivity contribution is 6.39. The van der Waals surface area contributed by atoms with Gasteiger partial charge in [0.25, 0.3) is 0 Å². The van der Waals surface area contributed by atoms with E-state index < -0.39 is 17.9 Å². The van der Waals surface area contributed by atoms with Crippen molar-refractivity contribution in [2.75, 3.05) is 11.9 Å². The Morgan fingerprint density at radius 3 is 2.48 bits per heavy atom. The largest absolute Gasteiger partial charge is 0.393 e. The van der Waals surface area contributed by atoms with Crippen LogP contribution >= 0.6 is 0 Å². The molecule has 116 valence electrons. The van der Waals surface area contributed by atoms with E-state index in [-0.39, 0.29) is 12.5 Å². The smallest absolute Gasteiger partial charge is 0.313 e. The number of carbonyl (C=O) groups is 2. The lowest BCUT2D eigenvalue weighted by Crippen LogP contribution is -2.37. The number of carbonyl (C=O) groups excluding carboxylic acids is 2. The molecule has 0 aliphatic rings. The van der Waals surface area contributed by atoms with Gasteiger partial charge < -0.3 is 15.7 Å². The summed E-state index contributed by atoms with van der Waals surface area (Å²) in [7, 11) is 0. The zero-order valence-electron chi connectivity index (χ0n) is 13.1. The fourth-order valence-corrected chi connectivity index (χ4v) is 1.81. The van der Waals surface area contributed by atoms with Crippen LogP contribution in [0.3, 0.4) is 0 Å². The van der Waals surface area contributed by atoms with Crippen LogP contribution in [0.4, 0.5) is 5.69 Å². The first-order valence-corrected chi connectivity index (χ1v) is 7.16. The lowest BCUT2D eigenvalue weighted by Gasteiger charge is -2.14. The number of aliphatic hydroxyl groups excluding tert-OH is 1. The third kappa shape index (κ3) is 5.19. The van der Waals surface area contributed by atoms with E-state index >= 15 is 0 Å². The lowest BCUT2D eigenvalue weighted by atomic mass is 10.0. The first-order chi connectivity index (χ1) is 9.82. The first kappa shape index (κ1) is 17.2. The molecule has 0 saturated carbocycles. The van der Waals surface area contributed by atoms with Crippen LogP contribution in [-0.4, -0.2) is 29.6 Å². The van der Waals surface area contributed by atoms with Gasteiger partial charge in [-0.2, -0.15) is 0 Å². The minimum absolute atomic E-state index is 0.130. The summed E-state index contributed by atoms with van der Waals surface area (Å²) in [6.07, 6.45) is -0.0486. The van der Waals surface area contributed by atoms with E-state index in [1.807, 2.05) is 39.8 Å². The number of benzene rings is 1. The number of aryl methyl sites for hydroxylation is 1. The number of amides is 2. The molecule has 3 N–H and O–H groups in total. The molecular formula is C16H24N2O3. The van der Waals surface area contributed by atoms with Gasteiger partial charge >= 0.3 is 11.8 Å². The third-order valence-electron chi connectivity index (χ3n) is 3.55. The highest BCUT2D eigenvalue weighted by Crippen LogP contribution is 2.17. The summed E-state index contributed by atoms with van der Waals surface area (Å²) < 4.78 is 0. The van der Waals surface area contributed by atoms with E-state index in [0.717, 1.165) is 11.1 Å². The molecule has 1 rings (SSSR count). The molecule has 0 aliphatic heterocycles. The van der Waals surface area contributed by atoms with E-state index in [0.29, 0.717) is 12.1 Å². The van der Waals surface area contributed by atoms with Crippen molar-refractivity contribution in [3.05, 3.63) is 29.3 Å². The molecule has 0 radical (unpaired) electrons. The number of hydrogen-bond donors (Lipinski definition) is 3. The summed E-state index contributed by atoms with van der Waals surface area (Å²) in [5.74, 6) is -1.25. The maximum atomic E-state index is 11.8. The molecule has 0 spiro atoms. The minimum atomic E-state index is -0.692. The van der Waals surface area contributed by atoms with Crippen LogP contribution in [0.2, 0.25) is 0 Å². The predicted molar refractivity (Wildman–Crippen MR) is 83.0 cm³/mol. The maximum absolute atomic E-state index is 11.8. The molecule has 0 heterocycles. The average Bonchev–Trinajstić information content (AvgIpc) is 2.43. The van der Waals surface area contributed by atoms with Gasteiger partial charge in [0.15, 0.2) is 0 Å². The van der Waals surface area contributed by atoms with Gasteiger partial charge in [0.2, 0.25) is 0 Å². The van der Waals surface area contributed by atoms with Gasteiger partial charge in [-0.05, 0) is 43.4 Å². The molecule has 1 atom stereocenters. The van der Waals surface area contributed by atoms with Crippen LogP contribution in [0.15, 0.2) is 18.2 Å². The predicted octanol–water partition coefficient (Wildman–Crippen LogP) is 1.77. The molecule has 0 aromatic heterocycles. The first-order valence-electron chi connectivity index (χ1n) is 7.16. The molecule has 21 heavy (non-hydrogen) atoms. The second-order valence-corrected chi connectivity index (χ2v) is 5.56. The van der Waals surface area contributed by atoms with Crippen molar-refractivity contribution in [3.63, 3.8) is 0 Å². The Morgan fingerprint density at radius 1 is 1.19 bits per heavy atom. The fraction of sp³-hybridized carbons (Fsp3) is 0.500. The summed E-state index contributed by atoms with van der Waals surface area (Å²) in [5, 5.41) is 14.7. The summed E-state index contributed by atoms with van der Waals surface area (Å²) in [6.45, 7) is 7.91. The monoisotopic (exact) mass is 292 g/mol. The second kappa shape index (κ2) is 7.78. The van der Waals surface area contributed by atoms with Gasteiger partial charge in [-0.25, -0.2) is 0 Å². The second-order valence-electron chi connectivity index (χ2n) is 5.56. The summed E-state index contributed by atoms with van der Waals surface area (Å²) >= 11 is 0. The van der Waals surface area contributed by atoms with Crippen molar-refractivity contribution in [2.45, 2.75) is 40.2 Å². The van der Waals surface area contributed by atoms with Gasteiger partial charge in [0, 0.05) is 12.2 Å². The number of rotatable bonds is 5. The van der Waals surface area contributed by atoms with E-state index in [1.165, 1.54) is 0 Å². The standard InChI is InChI=1S/C16H24N2O3/c1-10(2)14(19)8-9-17-15(20)16(21)18-13-7-5-6-11(3)12(13)4/h5-7,10,14,19H,8-9H2,1-4H3,(H,17,20)(H,18,21). The van der Waals surface area contributed by atoms with Crippen LogP contribution < -0.4 is 10.6 Å². The molecule has 0 saturated heterocycles. The van der Waals surface area contributed by atoms with Crippen molar-refractivity contribution in [1.82, 2.24) is 5.32 Å². The Balaban J connectivity index is 2.48. The molecular weight excluding hydrogens is 268 g/mol. The minimum Gasteiger partial charge on any atom is -0.393 e. The topological polar surface area (TPSA) is 78.4 Å². The normalized spacial score (nSPS) is 12.1. The van der Waals surface area contributed by atoms with Crippen LogP contribution in [0.25, 0.3) is 0 Å². The van der Waals surface area contributed by atoms with E-state index in [4.69, 9.17) is 0 Å². The van der Waals surface area contributed by atoms with Crippen molar-refractivity contribution in [3.8, 4) is 0 Å². The Bertz CT molecular complexity index is 512. The average molecular weight is 292 g/mol. The van der Waals surface area contributed by atoms with Crippen molar-refractivity contribution in [1.29, 1.82) is 0 Å². The SMILES string of the molecule is Cc1cccc(NC(=O)C(=O)NCCC(O)C(C)C)c1C. The van der Waals surface area contributed by atoms with Crippen molar-refractivity contribution in [2.24, 2.45) is 5.92 Å². The Kier molecular flexibility index (Phi) is 6.37. The highest BCUT2D eigenvalue weighted by atomic mass is 16.3. The number of aliphatic hydroxyl groups is 1. The Labute approximate surface area is 125 Å². The Morgan fingerprint density at radius 2 is 1.86 bits per heavy atom. The van der Waals surface area contributed by atoms with E-state index in [1.54, 1.807) is 6.07 Å². The quantitative estimate of drug-likeness (QED) is 0.724. The molecule has 0 bridgehead atoms. The number of hydrogen-bond acceptors (Lipinski definition) is 3.